The lowest BCUT2D eigenvalue weighted by Gasteiger charge is -2.25. The molecule has 0 aliphatic rings. The maximum atomic E-state index is 12.2. The monoisotopic (exact) mass is 325 g/mol. The summed E-state index contributed by atoms with van der Waals surface area (Å²) in [6.07, 6.45) is 0.705. The van der Waals surface area contributed by atoms with Gasteiger partial charge in [0.2, 0.25) is 5.76 Å². The summed E-state index contributed by atoms with van der Waals surface area (Å²) in [5.74, 6) is -0.0640. The van der Waals surface area contributed by atoms with Gasteiger partial charge in [-0.25, -0.2) is 4.79 Å². The van der Waals surface area contributed by atoms with E-state index in [0.29, 0.717) is 5.76 Å². The number of quaternary nitrogens is 1. The minimum Gasteiger partial charge on any atom is -1.00 e. The number of esters is 1. The predicted molar refractivity (Wildman–Crippen MR) is 83.3 cm³/mol. The second kappa shape index (κ2) is 7.16. The smallest absolute Gasteiger partial charge is 0.374 e. The summed E-state index contributed by atoms with van der Waals surface area (Å²) in [6, 6.07) is 7.64. The number of carbonyl (C=O) groups is 1. The van der Waals surface area contributed by atoms with Gasteiger partial charge in [0.1, 0.15) is 11.7 Å². The van der Waals surface area contributed by atoms with Gasteiger partial charge in [0.15, 0.2) is 0 Å². The van der Waals surface area contributed by atoms with E-state index in [-0.39, 0.29) is 24.5 Å². The third kappa shape index (κ3) is 4.49. The second-order valence-corrected chi connectivity index (χ2v) is 6.57. The Morgan fingerprint density at radius 1 is 1.27 bits per heavy atom. The minimum absolute atomic E-state index is 0. The predicted octanol–water partition coefficient (Wildman–Crippen LogP) is 0.387. The zero-order valence-electron chi connectivity index (χ0n) is 13.9. The zero-order valence-corrected chi connectivity index (χ0v) is 14.6. The van der Waals surface area contributed by atoms with Gasteiger partial charge in [0.25, 0.3) is 0 Å². The quantitative estimate of drug-likeness (QED) is 0.589. The van der Waals surface area contributed by atoms with Crippen LogP contribution in [-0.4, -0.2) is 44.2 Å². The molecule has 0 N–H and O–H groups in total. The summed E-state index contributed by atoms with van der Waals surface area (Å²) in [7, 11) is 6.37. The van der Waals surface area contributed by atoms with E-state index in [1.54, 1.807) is 0 Å². The maximum absolute atomic E-state index is 12.2. The molecule has 0 bridgehead atoms. The first kappa shape index (κ1) is 18.5. The number of ether oxygens (including phenoxy) is 1. The van der Waals surface area contributed by atoms with Crippen molar-refractivity contribution in [3.8, 4) is 0 Å². The topological polar surface area (TPSA) is 39.4 Å². The van der Waals surface area contributed by atoms with E-state index in [1.807, 2.05) is 38.1 Å². The summed E-state index contributed by atoms with van der Waals surface area (Å²) in [5, 5.41) is 0.962. The number of furan rings is 1. The lowest BCUT2D eigenvalue weighted by Crippen LogP contribution is -3.00. The van der Waals surface area contributed by atoms with Crippen LogP contribution in [-0.2, 0) is 4.74 Å². The summed E-state index contributed by atoms with van der Waals surface area (Å²) >= 11 is 0. The molecule has 0 aliphatic carbocycles. The highest BCUT2D eigenvalue weighted by Gasteiger charge is 2.21. The lowest BCUT2D eigenvalue weighted by atomic mass is 10.1. The van der Waals surface area contributed by atoms with Crippen molar-refractivity contribution in [3.05, 3.63) is 35.6 Å². The first-order chi connectivity index (χ1) is 9.78. The minimum atomic E-state index is -0.377. The Hall–Kier alpha value is -1.52. The molecule has 1 unspecified atom stereocenters. The van der Waals surface area contributed by atoms with E-state index in [2.05, 4.69) is 21.1 Å². The molecule has 0 amide bonds. The van der Waals surface area contributed by atoms with Crippen LogP contribution in [0.25, 0.3) is 11.0 Å². The molecule has 0 fully saturated rings. The van der Waals surface area contributed by atoms with Crippen LogP contribution < -0.4 is 12.4 Å². The Balaban J connectivity index is 0.00000242. The third-order valence-electron chi connectivity index (χ3n) is 3.54. The van der Waals surface area contributed by atoms with Gasteiger partial charge in [-0.05, 0) is 19.9 Å². The fraction of sp³-hybridized carbons (Fsp3) is 0.471. The van der Waals surface area contributed by atoms with Gasteiger partial charge >= 0.3 is 5.97 Å². The largest absolute Gasteiger partial charge is 1.00 e. The molecule has 0 radical (unpaired) electrons. The molecule has 1 heterocycles. The van der Waals surface area contributed by atoms with Crippen molar-refractivity contribution in [1.29, 1.82) is 0 Å². The van der Waals surface area contributed by atoms with Gasteiger partial charge in [-0.1, -0.05) is 18.2 Å². The Kier molecular flexibility index (Phi) is 6.03. The van der Waals surface area contributed by atoms with Crippen LogP contribution in [0.2, 0.25) is 0 Å². The van der Waals surface area contributed by atoms with E-state index >= 15 is 0 Å². The van der Waals surface area contributed by atoms with E-state index in [4.69, 9.17) is 9.15 Å². The standard InChI is InChI=1S/C17H24NO3.ClH/c1-12(10-11-18(3,4)5)20-17(19)16-13(2)14-8-6-7-9-15(14)21-16;/h6-9,12H,10-11H2,1-5H3;1H/q+1;/p-1. The number of para-hydroxylation sites is 1. The SMILES string of the molecule is Cc1c(C(=O)OC(C)CC[N+](C)(C)C)oc2ccccc12.[Cl-]. The Labute approximate surface area is 138 Å². The molecule has 122 valence electrons. The zero-order chi connectivity index (χ0) is 15.6. The number of fused-ring (bicyclic) bond motifs is 1. The summed E-state index contributed by atoms with van der Waals surface area (Å²) < 4.78 is 12.0. The number of carbonyl (C=O) groups excluding carboxylic acids is 1. The first-order valence-electron chi connectivity index (χ1n) is 7.27. The van der Waals surface area contributed by atoms with Crippen LogP contribution in [0.4, 0.5) is 0 Å². The fourth-order valence-corrected chi connectivity index (χ4v) is 2.23. The first-order valence-corrected chi connectivity index (χ1v) is 7.27. The summed E-state index contributed by atoms with van der Waals surface area (Å²) in [5.41, 5.74) is 1.57. The molecule has 1 aromatic heterocycles. The van der Waals surface area contributed by atoms with Crippen LogP contribution in [0.1, 0.15) is 29.5 Å². The van der Waals surface area contributed by atoms with Crippen molar-refractivity contribution in [2.24, 2.45) is 0 Å². The molecular formula is C17H24ClNO3. The van der Waals surface area contributed by atoms with E-state index in [9.17, 15) is 4.79 Å². The van der Waals surface area contributed by atoms with E-state index < -0.39 is 0 Å². The molecule has 1 aromatic carbocycles. The number of nitrogens with zero attached hydrogens (tertiary/aromatic N) is 1. The van der Waals surface area contributed by atoms with Crippen LogP contribution >= 0.6 is 0 Å². The molecule has 0 saturated carbocycles. The number of aryl methyl sites for hydroxylation is 1. The number of rotatable bonds is 5. The molecule has 22 heavy (non-hydrogen) atoms. The molecule has 0 spiro atoms. The van der Waals surface area contributed by atoms with Crippen LogP contribution in [0.3, 0.4) is 0 Å². The molecule has 5 heteroatoms. The van der Waals surface area contributed by atoms with Crippen molar-refractivity contribution in [2.45, 2.75) is 26.4 Å². The van der Waals surface area contributed by atoms with Gasteiger partial charge in [0.05, 0.1) is 27.7 Å². The molecule has 0 aliphatic heterocycles. The van der Waals surface area contributed by atoms with Gasteiger partial charge in [-0.2, -0.15) is 0 Å². The molecule has 2 rings (SSSR count). The van der Waals surface area contributed by atoms with Gasteiger partial charge in [-0.3, -0.25) is 0 Å². The molecule has 1 atom stereocenters. The second-order valence-electron chi connectivity index (χ2n) is 6.57. The Morgan fingerprint density at radius 3 is 2.50 bits per heavy atom. The van der Waals surface area contributed by atoms with Crippen molar-refractivity contribution in [2.75, 3.05) is 27.7 Å². The number of halogens is 1. The van der Waals surface area contributed by atoms with Crippen molar-refractivity contribution in [3.63, 3.8) is 0 Å². The van der Waals surface area contributed by atoms with Crippen molar-refractivity contribution >= 4 is 16.9 Å². The number of hydrogen-bond acceptors (Lipinski definition) is 3. The van der Waals surface area contributed by atoms with Crippen LogP contribution in [0.5, 0.6) is 0 Å². The maximum Gasteiger partial charge on any atom is 0.374 e. The average molecular weight is 326 g/mol. The highest BCUT2D eigenvalue weighted by Crippen LogP contribution is 2.25. The molecule has 2 aromatic rings. The highest BCUT2D eigenvalue weighted by molar-refractivity contribution is 5.95. The number of benzene rings is 1. The summed E-state index contributed by atoms with van der Waals surface area (Å²) in [4.78, 5) is 12.2. The highest BCUT2D eigenvalue weighted by atomic mass is 35.5. The number of hydrogen-bond donors (Lipinski definition) is 0. The molecule has 0 saturated heterocycles. The Morgan fingerprint density at radius 2 is 1.91 bits per heavy atom. The van der Waals surface area contributed by atoms with Crippen LogP contribution in [0.15, 0.2) is 28.7 Å². The van der Waals surface area contributed by atoms with E-state index in [0.717, 1.165) is 34.0 Å². The van der Waals surface area contributed by atoms with Crippen molar-refractivity contribution < 1.29 is 30.8 Å². The van der Waals surface area contributed by atoms with Gasteiger partial charge in [0, 0.05) is 17.4 Å². The van der Waals surface area contributed by atoms with Gasteiger partial charge < -0.3 is 26.0 Å². The lowest BCUT2D eigenvalue weighted by molar-refractivity contribution is -0.870. The summed E-state index contributed by atoms with van der Waals surface area (Å²) in [6.45, 7) is 4.76. The normalized spacial score (nSPS) is 12.8. The van der Waals surface area contributed by atoms with E-state index in [1.165, 1.54) is 0 Å². The third-order valence-corrected chi connectivity index (χ3v) is 3.54. The molecule has 4 nitrogen and oxygen atoms in total. The van der Waals surface area contributed by atoms with Gasteiger partial charge in [-0.15, -0.1) is 0 Å². The molecular weight excluding hydrogens is 302 g/mol. The van der Waals surface area contributed by atoms with Crippen LogP contribution in [0, 0.1) is 6.92 Å². The van der Waals surface area contributed by atoms with Crippen molar-refractivity contribution in [1.82, 2.24) is 0 Å². The average Bonchev–Trinajstić information content (AvgIpc) is 2.74. The Bertz CT molecular complexity index is 643. The fourth-order valence-electron chi connectivity index (χ4n) is 2.23.